The molecule has 0 fully saturated rings. The molecule has 3 nitrogen and oxygen atoms in total. The lowest BCUT2D eigenvalue weighted by atomic mass is 10.1. The van der Waals surface area contributed by atoms with Gasteiger partial charge in [-0.25, -0.2) is 4.98 Å². The Hall–Kier alpha value is -1.88. The standard InChI is InChI=1S/C18H14Cl2N2OS/c1-10-3-4-11(2)14(7-10)16-9-21-18(24-16)22-17(23)13-6-5-12(19)8-15(13)20/h3-9H,1-2H3,(H,21,22,23). The van der Waals surface area contributed by atoms with Gasteiger partial charge in [-0.05, 0) is 43.2 Å². The fourth-order valence-electron chi connectivity index (χ4n) is 2.30. The summed E-state index contributed by atoms with van der Waals surface area (Å²) in [4.78, 5) is 17.6. The van der Waals surface area contributed by atoms with E-state index in [-0.39, 0.29) is 5.91 Å². The molecule has 0 saturated carbocycles. The van der Waals surface area contributed by atoms with Gasteiger partial charge in [-0.1, -0.05) is 58.3 Å². The van der Waals surface area contributed by atoms with Crippen molar-refractivity contribution in [3.63, 3.8) is 0 Å². The van der Waals surface area contributed by atoms with Crippen LogP contribution < -0.4 is 5.32 Å². The number of benzene rings is 2. The van der Waals surface area contributed by atoms with Gasteiger partial charge in [-0.15, -0.1) is 0 Å². The molecule has 3 rings (SSSR count). The molecule has 3 aromatic rings. The smallest absolute Gasteiger partial charge is 0.258 e. The monoisotopic (exact) mass is 376 g/mol. The minimum Gasteiger partial charge on any atom is -0.298 e. The second kappa shape index (κ2) is 6.93. The van der Waals surface area contributed by atoms with E-state index in [1.165, 1.54) is 22.5 Å². The minimum absolute atomic E-state index is 0.307. The SMILES string of the molecule is Cc1ccc(C)c(-c2cnc(NC(=O)c3ccc(Cl)cc3Cl)s2)c1. The number of thiazole rings is 1. The largest absolute Gasteiger partial charge is 0.298 e. The lowest BCUT2D eigenvalue weighted by molar-refractivity contribution is 0.102. The van der Waals surface area contributed by atoms with Gasteiger partial charge in [0.15, 0.2) is 5.13 Å². The number of carbonyl (C=O) groups is 1. The van der Waals surface area contributed by atoms with Gasteiger partial charge >= 0.3 is 0 Å². The van der Waals surface area contributed by atoms with Crippen LogP contribution in [0.2, 0.25) is 10.0 Å². The highest BCUT2D eigenvalue weighted by Gasteiger charge is 2.14. The van der Waals surface area contributed by atoms with E-state index in [0.717, 1.165) is 10.4 Å². The van der Waals surface area contributed by atoms with E-state index in [1.54, 1.807) is 24.4 Å². The minimum atomic E-state index is -0.307. The molecule has 0 atom stereocenters. The van der Waals surface area contributed by atoms with Crippen LogP contribution in [0.4, 0.5) is 5.13 Å². The molecule has 1 heterocycles. The summed E-state index contributed by atoms with van der Waals surface area (Å²) in [6.45, 7) is 4.11. The van der Waals surface area contributed by atoms with Gasteiger partial charge in [0.1, 0.15) is 0 Å². The molecule has 1 aromatic heterocycles. The second-order valence-electron chi connectivity index (χ2n) is 5.43. The maximum atomic E-state index is 12.3. The Labute approximate surface area is 154 Å². The van der Waals surface area contributed by atoms with Crippen molar-refractivity contribution < 1.29 is 4.79 Å². The molecule has 1 N–H and O–H groups in total. The van der Waals surface area contributed by atoms with Crippen molar-refractivity contribution in [2.45, 2.75) is 13.8 Å². The predicted molar refractivity (Wildman–Crippen MR) is 101 cm³/mol. The molecule has 0 bridgehead atoms. The number of carbonyl (C=O) groups excluding carboxylic acids is 1. The van der Waals surface area contributed by atoms with Gasteiger partial charge in [0.25, 0.3) is 5.91 Å². The summed E-state index contributed by atoms with van der Waals surface area (Å²) in [5.74, 6) is -0.307. The molecule has 0 aliphatic carbocycles. The van der Waals surface area contributed by atoms with Crippen LogP contribution in [0.15, 0.2) is 42.6 Å². The van der Waals surface area contributed by atoms with Crippen LogP contribution in [0.1, 0.15) is 21.5 Å². The van der Waals surface area contributed by atoms with Crippen molar-refractivity contribution in [3.8, 4) is 10.4 Å². The summed E-state index contributed by atoms with van der Waals surface area (Å²) in [5.41, 5.74) is 3.84. The molecule has 24 heavy (non-hydrogen) atoms. The number of nitrogens with one attached hydrogen (secondary N) is 1. The van der Waals surface area contributed by atoms with Crippen LogP contribution in [0, 0.1) is 13.8 Å². The van der Waals surface area contributed by atoms with Gasteiger partial charge in [0, 0.05) is 11.2 Å². The molecule has 0 unspecified atom stereocenters. The van der Waals surface area contributed by atoms with E-state index in [1.807, 2.05) is 0 Å². The molecular formula is C18H14Cl2N2OS. The summed E-state index contributed by atoms with van der Waals surface area (Å²) in [6.07, 6.45) is 1.77. The first-order valence-corrected chi connectivity index (χ1v) is 8.81. The van der Waals surface area contributed by atoms with Crippen molar-refractivity contribution in [1.82, 2.24) is 4.98 Å². The molecule has 1 amide bonds. The van der Waals surface area contributed by atoms with Crippen molar-refractivity contribution in [1.29, 1.82) is 0 Å². The number of aryl methyl sites for hydroxylation is 2. The van der Waals surface area contributed by atoms with Crippen LogP contribution in [-0.2, 0) is 0 Å². The van der Waals surface area contributed by atoms with E-state index < -0.39 is 0 Å². The van der Waals surface area contributed by atoms with Crippen molar-refractivity contribution in [2.75, 3.05) is 5.32 Å². The number of nitrogens with zero attached hydrogens (tertiary/aromatic N) is 1. The van der Waals surface area contributed by atoms with Crippen LogP contribution in [0.25, 0.3) is 10.4 Å². The Morgan fingerprint density at radius 1 is 1.12 bits per heavy atom. The number of amides is 1. The topological polar surface area (TPSA) is 42.0 Å². The third-order valence-electron chi connectivity index (χ3n) is 3.56. The third-order valence-corrected chi connectivity index (χ3v) is 5.05. The number of hydrogen-bond donors (Lipinski definition) is 1. The summed E-state index contributed by atoms with van der Waals surface area (Å²) < 4.78 is 0. The summed E-state index contributed by atoms with van der Waals surface area (Å²) in [6, 6.07) is 11.0. The van der Waals surface area contributed by atoms with Crippen LogP contribution in [0.3, 0.4) is 0 Å². The average molecular weight is 377 g/mol. The third kappa shape index (κ3) is 3.61. The van der Waals surface area contributed by atoms with Gasteiger partial charge < -0.3 is 0 Å². The lowest BCUT2D eigenvalue weighted by Crippen LogP contribution is -2.12. The summed E-state index contributed by atoms with van der Waals surface area (Å²) >= 11 is 13.4. The van der Waals surface area contributed by atoms with Crippen molar-refractivity contribution in [2.24, 2.45) is 0 Å². The summed E-state index contributed by atoms with van der Waals surface area (Å²) in [7, 11) is 0. The zero-order valence-corrected chi connectivity index (χ0v) is 15.4. The van der Waals surface area contributed by atoms with Gasteiger partial charge in [0.2, 0.25) is 0 Å². The number of aromatic nitrogens is 1. The lowest BCUT2D eigenvalue weighted by Gasteiger charge is -2.05. The molecular weight excluding hydrogens is 363 g/mol. The van der Waals surface area contributed by atoms with Gasteiger partial charge in [-0.3, -0.25) is 10.1 Å². The van der Waals surface area contributed by atoms with Crippen LogP contribution >= 0.6 is 34.5 Å². The molecule has 2 aromatic carbocycles. The molecule has 0 aliphatic heterocycles. The normalized spacial score (nSPS) is 10.7. The second-order valence-corrected chi connectivity index (χ2v) is 7.30. The predicted octanol–water partition coefficient (Wildman–Crippen LogP) is 5.99. The van der Waals surface area contributed by atoms with E-state index in [9.17, 15) is 4.79 Å². The summed E-state index contributed by atoms with van der Waals surface area (Å²) in [5, 5.41) is 4.11. The van der Waals surface area contributed by atoms with Gasteiger partial charge in [0.05, 0.1) is 15.5 Å². The average Bonchev–Trinajstić information content (AvgIpc) is 2.97. The number of anilines is 1. The maximum Gasteiger partial charge on any atom is 0.258 e. The molecule has 0 aliphatic rings. The molecule has 0 radical (unpaired) electrons. The number of rotatable bonds is 3. The molecule has 122 valence electrons. The highest BCUT2D eigenvalue weighted by molar-refractivity contribution is 7.19. The highest BCUT2D eigenvalue weighted by Crippen LogP contribution is 2.32. The van der Waals surface area contributed by atoms with E-state index >= 15 is 0 Å². The zero-order valence-electron chi connectivity index (χ0n) is 13.1. The number of hydrogen-bond acceptors (Lipinski definition) is 3. The molecule has 6 heteroatoms. The zero-order chi connectivity index (χ0) is 17.3. The fraction of sp³-hybridized carbons (Fsp3) is 0.111. The highest BCUT2D eigenvalue weighted by atomic mass is 35.5. The van der Waals surface area contributed by atoms with Crippen LogP contribution in [0.5, 0.6) is 0 Å². The van der Waals surface area contributed by atoms with Gasteiger partial charge in [-0.2, -0.15) is 0 Å². The Morgan fingerprint density at radius 3 is 2.67 bits per heavy atom. The Balaban J connectivity index is 1.83. The number of halogens is 2. The first-order valence-electron chi connectivity index (χ1n) is 7.24. The Bertz CT molecular complexity index is 921. The van der Waals surface area contributed by atoms with Crippen molar-refractivity contribution in [3.05, 3.63) is 69.3 Å². The van der Waals surface area contributed by atoms with Crippen LogP contribution in [-0.4, -0.2) is 10.9 Å². The quantitative estimate of drug-likeness (QED) is 0.610. The van der Waals surface area contributed by atoms with E-state index in [2.05, 4.69) is 42.3 Å². The first kappa shape index (κ1) is 17.0. The fourth-order valence-corrected chi connectivity index (χ4v) is 3.68. The van der Waals surface area contributed by atoms with E-state index in [0.29, 0.717) is 20.7 Å². The molecule has 0 saturated heterocycles. The van der Waals surface area contributed by atoms with E-state index in [4.69, 9.17) is 23.2 Å². The van der Waals surface area contributed by atoms with Crippen molar-refractivity contribution >= 4 is 45.6 Å². The molecule has 0 spiro atoms. The first-order chi connectivity index (χ1) is 11.4. The Kier molecular flexibility index (Phi) is 4.90. The Morgan fingerprint density at radius 2 is 1.92 bits per heavy atom. The maximum absolute atomic E-state index is 12.3.